The molecule has 1 aromatic heterocycles. The van der Waals surface area contributed by atoms with Gasteiger partial charge in [-0.05, 0) is 36.4 Å². The van der Waals surface area contributed by atoms with Crippen LogP contribution in [0.2, 0.25) is 0 Å². The van der Waals surface area contributed by atoms with Crippen molar-refractivity contribution in [1.29, 1.82) is 0 Å². The number of hydrogen-bond donors (Lipinski definition) is 2. The van der Waals surface area contributed by atoms with Gasteiger partial charge >= 0.3 is 0 Å². The number of ether oxygens (including phenoxy) is 1. The van der Waals surface area contributed by atoms with Crippen LogP contribution < -0.4 is 20.3 Å². The van der Waals surface area contributed by atoms with E-state index >= 15 is 0 Å². The van der Waals surface area contributed by atoms with Crippen LogP contribution in [0.5, 0.6) is 5.75 Å². The smallest absolute Gasteiger partial charge is 0.249 e. The molecule has 1 heterocycles. The number of nitrogens with zero attached hydrogens (tertiary/aromatic N) is 4. The van der Waals surface area contributed by atoms with Crippen LogP contribution in [0.4, 0.5) is 28.8 Å². The molecule has 2 aromatic carbocycles. The number of nitrogens with one attached hydrogen (secondary N) is 2. The van der Waals surface area contributed by atoms with Crippen molar-refractivity contribution < 1.29 is 4.74 Å². The minimum atomic E-state index is 0.406. The first-order chi connectivity index (χ1) is 12.1. The zero-order valence-electron chi connectivity index (χ0n) is 14.4. The summed E-state index contributed by atoms with van der Waals surface area (Å²) in [4.78, 5) is 6.48. The summed E-state index contributed by atoms with van der Waals surface area (Å²) in [6.07, 6.45) is 1.58. The molecule has 0 saturated heterocycles. The molecule has 0 aliphatic carbocycles. The van der Waals surface area contributed by atoms with Crippen LogP contribution in [0.25, 0.3) is 0 Å². The molecule has 25 heavy (non-hydrogen) atoms. The Kier molecular flexibility index (Phi) is 4.94. The van der Waals surface area contributed by atoms with Gasteiger partial charge in [-0.25, -0.2) is 0 Å². The Labute approximate surface area is 146 Å². The van der Waals surface area contributed by atoms with Gasteiger partial charge in [0.05, 0.1) is 13.3 Å². The maximum Gasteiger partial charge on any atom is 0.249 e. The van der Waals surface area contributed by atoms with Gasteiger partial charge in [0.2, 0.25) is 5.95 Å². The number of aromatic nitrogens is 3. The normalized spacial score (nSPS) is 10.2. The van der Waals surface area contributed by atoms with Crippen LogP contribution >= 0.6 is 0 Å². The highest BCUT2D eigenvalue weighted by Gasteiger charge is 2.03. The lowest BCUT2D eigenvalue weighted by Gasteiger charge is -2.13. The SMILES string of the molecule is COc1cccc(Nc2nncc(Nc3ccc(N(C)C)cc3)n2)c1. The zero-order chi connectivity index (χ0) is 17.6. The van der Waals surface area contributed by atoms with Crippen molar-refractivity contribution in [2.45, 2.75) is 0 Å². The molecule has 0 atom stereocenters. The third-order valence-corrected chi connectivity index (χ3v) is 3.54. The molecule has 7 nitrogen and oxygen atoms in total. The predicted octanol–water partition coefficient (Wildman–Crippen LogP) is 3.43. The van der Waals surface area contributed by atoms with E-state index in [0.29, 0.717) is 11.8 Å². The third-order valence-electron chi connectivity index (χ3n) is 3.54. The number of rotatable bonds is 6. The average Bonchev–Trinajstić information content (AvgIpc) is 2.62. The highest BCUT2D eigenvalue weighted by atomic mass is 16.5. The van der Waals surface area contributed by atoms with E-state index in [0.717, 1.165) is 22.8 Å². The summed E-state index contributed by atoms with van der Waals surface area (Å²) in [7, 11) is 5.64. The van der Waals surface area contributed by atoms with E-state index in [1.165, 1.54) is 0 Å². The maximum atomic E-state index is 5.21. The van der Waals surface area contributed by atoms with Crippen LogP contribution in [0.3, 0.4) is 0 Å². The van der Waals surface area contributed by atoms with E-state index in [4.69, 9.17) is 4.74 Å². The average molecular weight is 336 g/mol. The Morgan fingerprint density at radius 1 is 0.960 bits per heavy atom. The summed E-state index contributed by atoms with van der Waals surface area (Å²) in [5, 5.41) is 14.3. The van der Waals surface area contributed by atoms with Gasteiger partial charge in [0.15, 0.2) is 5.82 Å². The van der Waals surface area contributed by atoms with Crippen molar-refractivity contribution in [1.82, 2.24) is 15.2 Å². The Bertz CT molecular complexity index is 835. The van der Waals surface area contributed by atoms with Gasteiger partial charge in [0.25, 0.3) is 0 Å². The maximum absolute atomic E-state index is 5.21. The van der Waals surface area contributed by atoms with Gasteiger partial charge in [-0.2, -0.15) is 10.1 Å². The standard InChI is InChI=1S/C18H20N6O/c1-24(2)15-9-7-13(8-10-15)20-17-12-19-23-18(22-17)21-14-5-4-6-16(11-14)25-3/h4-12H,1-3H3,(H2,20,21,22,23). The molecule has 0 aliphatic rings. The molecular weight excluding hydrogens is 316 g/mol. The molecule has 0 unspecified atom stereocenters. The van der Waals surface area contributed by atoms with Crippen LogP contribution in [-0.2, 0) is 0 Å². The van der Waals surface area contributed by atoms with Gasteiger partial charge in [0.1, 0.15) is 5.75 Å². The molecule has 0 bridgehead atoms. The fraction of sp³-hybridized carbons (Fsp3) is 0.167. The second kappa shape index (κ2) is 7.48. The number of anilines is 5. The molecule has 0 spiro atoms. The lowest BCUT2D eigenvalue weighted by molar-refractivity contribution is 0.415. The Morgan fingerprint density at radius 3 is 2.48 bits per heavy atom. The fourth-order valence-electron chi connectivity index (χ4n) is 2.24. The Balaban J connectivity index is 1.72. The summed E-state index contributed by atoms with van der Waals surface area (Å²) >= 11 is 0. The van der Waals surface area contributed by atoms with Crippen molar-refractivity contribution >= 4 is 28.8 Å². The van der Waals surface area contributed by atoms with Gasteiger partial charge in [-0.1, -0.05) is 6.07 Å². The highest BCUT2D eigenvalue weighted by Crippen LogP contribution is 2.21. The molecule has 0 fully saturated rings. The van der Waals surface area contributed by atoms with Gasteiger partial charge in [0, 0.05) is 37.2 Å². The van der Waals surface area contributed by atoms with Crippen molar-refractivity contribution in [3.63, 3.8) is 0 Å². The van der Waals surface area contributed by atoms with Crippen molar-refractivity contribution in [3.8, 4) is 5.75 Å². The number of benzene rings is 2. The summed E-state index contributed by atoms with van der Waals surface area (Å²) in [6.45, 7) is 0. The van der Waals surface area contributed by atoms with Crippen LogP contribution in [0, 0.1) is 0 Å². The largest absolute Gasteiger partial charge is 0.497 e. The first-order valence-electron chi connectivity index (χ1n) is 7.79. The van der Waals surface area contributed by atoms with Gasteiger partial charge in [-0.3, -0.25) is 0 Å². The van der Waals surface area contributed by atoms with E-state index < -0.39 is 0 Å². The fourth-order valence-corrected chi connectivity index (χ4v) is 2.24. The van der Waals surface area contributed by atoms with E-state index in [9.17, 15) is 0 Å². The first kappa shape index (κ1) is 16.5. The van der Waals surface area contributed by atoms with Crippen LogP contribution in [0.1, 0.15) is 0 Å². The molecule has 0 aliphatic heterocycles. The van der Waals surface area contributed by atoms with E-state index in [1.807, 2.05) is 67.5 Å². The minimum absolute atomic E-state index is 0.406. The molecule has 3 aromatic rings. The van der Waals surface area contributed by atoms with Crippen LogP contribution in [0.15, 0.2) is 54.7 Å². The molecule has 7 heteroatoms. The monoisotopic (exact) mass is 336 g/mol. The second-order valence-electron chi connectivity index (χ2n) is 5.59. The lowest BCUT2D eigenvalue weighted by atomic mass is 10.2. The van der Waals surface area contributed by atoms with E-state index in [2.05, 4.69) is 25.8 Å². The van der Waals surface area contributed by atoms with Crippen molar-refractivity contribution in [2.24, 2.45) is 0 Å². The molecular formula is C18H20N6O. The first-order valence-corrected chi connectivity index (χ1v) is 7.79. The molecule has 0 amide bonds. The van der Waals surface area contributed by atoms with Crippen molar-refractivity contribution in [2.75, 3.05) is 36.7 Å². The van der Waals surface area contributed by atoms with Gasteiger partial charge in [-0.15, -0.1) is 5.10 Å². The summed E-state index contributed by atoms with van der Waals surface area (Å²) in [5.74, 6) is 1.77. The number of methoxy groups -OCH3 is 1. The lowest BCUT2D eigenvalue weighted by Crippen LogP contribution is -2.08. The van der Waals surface area contributed by atoms with E-state index in [-0.39, 0.29) is 0 Å². The molecule has 3 rings (SSSR count). The molecule has 0 saturated carbocycles. The summed E-state index contributed by atoms with van der Waals surface area (Å²) in [6, 6.07) is 15.6. The summed E-state index contributed by atoms with van der Waals surface area (Å²) in [5.41, 5.74) is 2.89. The Hall–Kier alpha value is -3.35. The Morgan fingerprint density at radius 2 is 1.76 bits per heavy atom. The second-order valence-corrected chi connectivity index (χ2v) is 5.59. The quantitative estimate of drug-likeness (QED) is 0.714. The number of hydrogen-bond acceptors (Lipinski definition) is 7. The molecule has 128 valence electrons. The molecule has 0 radical (unpaired) electrons. The topological polar surface area (TPSA) is 75.2 Å². The minimum Gasteiger partial charge on any atom is -0.497 e. The highest BCUT2D eigenvalue weighted by molar-refractivity contribution is 5.62. The third kappa shape index (κ3) is 4.35. The summed E-state index contributed by atoms with van der Waals surface area (Å²) < 4.78 is 5.21. The zero-order valence-corrected chi connectivity index (χ0v) is 14.4. The predicted molar refractivity (Wildman–Crippen MR) is 100 cm³/mol. The van der Waals surface area contributed by atoms with E-state index in [1.54, 1.807) is 13.3 Å². The van der Waals surface area contributed by atoms with Gasteiger partial charge < -0.3 is 20.3 Å². The molecule has 2 N–H and O–H groups in total. The van der Waals surface area contributed by atoms with Crippen LogP contribution in [-0.4, -0.2) is 36.4 Å². The van der Waals surface area contributed by atoms with Crippen molar-refractivity contribution in [3.05, 3.63) is 54.7 Å².